The maximum Gasteiger partial charge on any atom is 0.0646 e. The molecule has 0 saturated carbocycles. The maximum atomic E-state index is 8.68. The van der Waals surface area contributed by atoms with Crippen molar-refractivity contribution in [2.24, 2.45) is 5.92 Å². The molecule has 0 aliphatic carbocycles. The van der Waals surface area contributed by atoms with Crippen molar-refractivity contribution in [2.75, 3.05) is 0 Å². The quantitative estimate of drug-likeness (QED) is 0.477. The number of rotatable bonds is 1. The van der Waals surface area contributed by atoms with Crippen molar-refractivity contribution in [3.05, 3.63) is 0 Å². The smallest absolute Gasteiger partial charge is 0.0646 e. The molecule has 0 spiro atoms. The van der Waals surface area contributed by atoms with Crippen LogP contribution in [0.1, 0.15) is 13.8 Å². The van der Waals surface area contributed by atoms with Crippen molar-refractivity contribution in [1.82, 2.24) is 0 Å². The fourth-order valence-electron chi connectivity index (χ4n) is 0.139. The van der Waals surface area contributed by atoms with Crippen LogP contribution in [0.15, 0.2) is 0 Å². The van der Waals surface area contributed by atoms with E-state index in [4.69, 9.17) is 11.5 Å². The Balaban J connectivity index is 3.40. The predicted molar refractivity (Wildman–Crippen MR) is 29.7 cm³/mol. The summed E-state index contributed by atoms with van der Waals surface area (Å²) in [6.45, 7) is 3.50. The lowest BCUT2D eigenvalue weighted by Gasteiger charge is -2.04. The Morgan fingerprint density at radius 3 is 2.00 bits per heavy atom. The molecule has 0 heterocycles. The van der Waals surface area contributed by atoms with Gasteiger partial charge in [-0.1, -0.05) is 0 Å². The Morgan fingerprint density at radius 2 is 2.00 bits per heavy atom. The summed E-state index contributed by atoms with van der Waals surface area (Å²) in [6.07, 6.45) is 4.59. The lowest BCUT2D eigenvalue weighted by molar-refractivity contribution is 0.161. The van der Waals surface area contributed by atoms with Gasteiger partial charge in [0.1, 0.15) is 0 Å². The van der Waals surface area contributed by atoms with Crippen LogP contribution < -0.4 is 0 Å². The standard InChI is InChI=1S/C6H10O/c1-4-5(2)6(3)7/h1,5-7H,2-3H3/t5-,6-/m1/s1. The summed E-state index contributed by atoms with van der Waals surface area (Å²) < 4.78 is 0. The summed E-state index contributed by atoms with van der Waals surface area (Å²) in [5, 5.41) is 8.68. The first kappa shape index (κ1) is 6.52. The van der Waals surface area contributed by atoms with E-state index in [1.165, 1.54) is 0 Å². The van der Waals surface area contributed by atoms with E-state index < -0.39 is 0 Å². The van der Waals surface area contributed by atoms with Crippen molar-refractivity contribution in [2.45, 2.75) is 20.0 Å². The van der Waals surface area contributed by atoms with Crippen LogP contribution in [-0.2, 0) is 0 Å². The molecule has 0 aliphatic heterocycles. The molecule has 1 nitrogen and oxygen atoms in total. The Hall–Kier alpha value is -0.480. The summed E-state index contributed by atoms with van der Waals surface area (Å²) in [7, 11) is 0. The Morgan fingerprint density at radius 1 is 1.57 bits per heavy atom. The SMILES string of the molecule is C#C[C@@H](C)[C@@H](C)O. The molecule has 0 aromatic carbocycles. The molecule has 0 radical (unpaired) electrons. The molecule has 1 N–H and O–H groups in total. The average molecular weight is 98.1 g/mol. The monoisotopic (exact) mass is 98.1 g/mol. The van der Waals surface area contributed by atoms with Crippen molar-refractivity contribution in [3.8, 4) is 12.3 Å². The first-order valence-corrected chi connectivity index (χ1v) is 2.32. The first-order valence-electron chi connectivity index (χ1n) is 2.32. The Labute approximate surface area is 44.4 Å². The zero-order valence-corrected chi connectivity index (χ0v) is 4.68. The highest BCUT2D eigenvalue weighted by molar-refractivity contribution is 4.92. The summed E-state index contributed by atoms with van der Waals surface area (Å²) in [4.78, 5) is 0. The highest BCUT2D eigenvalue weighted by Gasteiger charge is 2.01. The van der Waals surface area contributed by atoms with Gasteiger partial charge in [0.2, 0.25) is 0 Å². The second-order valence-corrected chi connectivity index (χ2v) is 1.70. The van der Waals surface area contributed by atoms with Crippen LogP contribution >= 0.6 is 0 Å². The van der Waals surface area contributed by atoms with Crippen molar-refractivity contribution in [1.29, 1.82) is 0 Å². The van der Waals surface area contributed by atoms with Crippen molar-refractivity contribution < 1.29 is 5.11 Å². The second kappa shape index (κ2) is 2.65. The summed E-state index contributed by atoms with van der Waals surface area (Å²) >= 11 is 0. The van der Waals surface area contributed by atoms with Crippen LogP contribution in [0.25, 0.3) is 0 Å². The molecule has 0 bridgehead atoms. The number of hydrogen-bond donors (Lipinski definition) is 1. The third-order valence-corrected chi connectivity index (χ3v) is 0.986. The fraction of sp³-hybridized carbons (Fsp3) is 0.667. The molecule has 0 unspecified atom stereocenters. The maximum absolute atomic E-state index is 8.68. The largest absolute Gasteiger partial charge is 0.392 e. The van der Waals surface area contributed by atoms with Gasteiger partial charge in [-0.3, -0.25) is 0 Å². The van der Waals surface area contributed by atoms with Gasteiger partial charge in [0.25, 0.3) is 0 Å². The molecule has 1 heteroatoms. The molecule has 0 aliphatic rings. The Kier molecular flexibility index (Phi) is 2.47. The molecule has 0 fully saturated rings. The average Bonchev–Trinajstić information content (AvgIpc) is 1.65. The van der Waals surface area contributed by atoms with E-state index in [9.17, 15) is 0 Å². The van der Waals surface area contributed by atoms with E-state index in [2.05, 4.69) is 5.92 Å². The molecule has 40 valence electrons. The van der Waals surface area contributed by atoms with Gasteiger partial charge in [0, 0.05) is 5.92 Å². The van der Waals surface area contributed by atoms with Crippen molar-refractivity contribution >= 4 is 0 Å². The highest BCUT2D eigenvalue weighted by atomic mass is 16.3. The molecular formula is C6H10O. The lowest BCUT2D eigenvalue weighted by atomic mass is 10.1. The lowest BCUT2D eigenvalue weighted by Crippen LogP contribution is -2.09. The molecule has 0 rings (SSSR count). The zero-order chi connectivity index (χ0) is 5.86. The van der Waals surface area contributed by atoms with Gasteiger partial charge in [-0.25, -0.2) is 0 Å². The van der Waals surface area contributed by atoms with E-state index in [1.807, 2.05) is 6.92 Å². The molecule has 0 saturated heterocycles. The van der Waals surface area contributed by atoms with Gasteiger partial charge in [0.05, 0.1) is 6.10 Å². The van der Waals surface area contributed by atoms with Gasteiger partial charge >= 0.3 is 0 Å². The molecular weight excluding hydrogens is 88.1 g/mol. The summed E-state index contributed by atoms with van der Waals surface area (Å²) in [6, 6.07) is 0. The minimum atomic E-state index is -0.370. The normalized spacial score (nSPS) is 17.4. The van der Waals surface area contributed by atoms with Crippen LogP contribution in [0, 0.1) is 18.3 Å². The van der Waals surface area contributed by atoms with E-state index in [0.29, 0.717) is 0 Å². The van der Waals surface area contributed by atoms with Crippen LogP contribution in [0.3, 0.4) is 0 Å². The molecule has 0 amide bonds. The number of terminal acetylenes is 1. The van der Waals surface area contributed by atoms with Crippen molar-refractivity contribution in [3.63, 3.8) is 0 Å². The van der Waals surface area contributed by atoms with E-state index in [-0.39, 0.29) is 12.0 Å². The van der Waals surface area contributed by atoms with E-state index >= 15 is 0 Å². The zero-order valence-electron chi connectivity index (χ0n) is 4.68. The van der Waals surface area contributed by atoms with Gasteiger partial charge in [-0.15, -0.1) is 12.3 Å². The van der Waals surface area contributed by atoms with Gasteiger partial charge in [0.15, 0.2) is 0 Å². The molecule has 0 aromatic rings. The third-order valence-electron chi connectivity index (χ3n) is 0.986. The number of aliphatic hydroxyl groups is 1. The van der Waals surface area contributed by atoms with E-state index in [1.54, 1.807) is 6.92 Å². The molecule has 0 aromatic heterocycles. The number of aliphatic hydroxyl groups excluding tert-OH is 1. The predicted octanol–water partition coefficient (Wildman–Crippen LogP) is 0.637. The van der Waals surface area contributed by atoms with Gasteiger partial charge < -0.3 is 5.11 Å². The molecule has 2 atom stereocenters. The topological polar surface area (TPSA) is 20.2 Å². The first-order chi connectivity index (χ1) is 3.18. The van der Waals surface area contributed by atoms with Gasteiger partial charge in [-0.2, -0.15) is 0 Å². The van der Waals surface area contributed by atoms with Crippen LogP contribution in [0.5, 0.6) is 0 Å². The van der Waals surface area contributed by atoms with Gasteiger partial charge in [-0.05, 0) is 13.8 Å². The Bertz CT molecular complexity index is 78.7. The fourth-order valence-corrected chi connectivity index (χ4v) is 0.139. The summed E-state index contributed by atoms with van der Waals surface area (Å²) in [5.41, 5.74) is 0. The van der Waals surface area contributed by atoms with Crippen LogP contribution in [-0.4, -0.2) is 11.2 Å². The highest BCUT2D eigenvalue weighted by Crippen LogP contribution is 1.96. The third kappa shape index (κ3) is 2.24. The second-order valence-electron chi connectivity index (χ2n) is 1.70. The van der Waals surface area contributed by atoms with Crippen LogP contribution in [0.4, 0.5) is 0 Å². The summed E-state index contributed by atoms with van der Waals surface area (Å²) in [5.74, 6) is 2.40. The van der Waals surface area contributed by atoms with E-state index in [0.717, 1.165) is 0 Å². The molecule has 7 heavy (non-hydrogen) atoms. The number of hydrogen-bond acceptors (Lipinski definition) is 1. The minimum Gasteiger partial charge on any atom is -0.392 e. The van der Waals surface area contributed by atoms with Crippen LogP contribution in [0.2, 0.25) is 0 Å². The minimum absolute atomic E-state index is 0.0139.